The quantitative estimate of drug-likeness (QED) is 0.272. The van der Waals surface area contributed by atoms with Crippen LogP contribution in [0.1, 0.15) is 0 Å². The molecule has 0 atom stereocenters. The van der Waals surface area contributed by atoms with Crippen LogP contribution in [-0.2, 0) is 0 Å². The van der Waals surface area contributed by atoms with Crippen molar-refractivity contribution in [3.05, 3.63) is 109 Å². The Labute approximate surface area is 189 Å². The maximum absolute atomic E-state index is 4.66. The van der Waals surface area contributed by atoms with Gasteiger partial charge in [0.25, 0.3) is 0 Å². The number of hydrogen-bond acceptors (Lipinski definition) is 2. The van der Waals surface area contributed by atoms with Gasteiger partial charge in [0.15, 0.2) is 0 Å². The van der Waals surface area contributed by atoms with Crippen molar-refractivity contribution in [1.82, 2.24) is 9.55 Å². The number of thiophene rings is 1. The third kappa shape index (κ3) is 2.43. The number of fused-ring (bicyclic) bond motifs is 6. The number of benzene rings is 4. The van der Waals surface area contributed by atoms with Crippen LogP contribution in [0.3, 0.4) is 0 Å². The monoisotopic (exact) mass is 426 g/mol. The van der Waals surface area contributed by atoms with Crippen molar-refractivity contribution in [3.8, 4) is 16.8 Å². The predicted octanol–water partition coefficient (Wildman–Crippen LogP) is 8.21. The number of nitrogens with zero attached hydrogens (tertiary/aromatic N) is 2. The molecule has 0 aliphatic heterocycles. The lowest BCUT2D eigenvalue weighted by atomic mass is 10.0. The van der Waals surface area contributed by atoms with E-state index in [1.165, 1.54) is 53.4 Å². The van der Waals surface area contributed by atoms with Crippen LogP contribution in [0.5, 0.6) is 0 Å². The zero-order valence-electron chi connectivity index (χ0n) is 17.2. The second kappa shape index (κ2) is 6.78. The topological polar surface area (TPSA) is 17.8 Å². The highest BCUT2D eigenvalue weighted by Gasteiger charge is 2.17. The van der Waals surface area contributed by atoms with Gasteiger partial charge in [-0.2, -0.15) is 0 Å². The highest BCUT2D eigenvalue weighted by Crippen LogP contribution is 2.42. The molecule has 4 aromatic carbocycles. The number of hydrogen-bond donors (Lipinski definition) is 0. The maximum atomic E-state index is 4.66. The molecule has 0 radical (unpaired) electrons. The van der Waals surface area contributed by atoms with E-state index in [2.05, 4.69) is 107 Å². The molecule has 0 aliphatic carbocycles. The number of rotatable bonds is 2. The van der Waals surface area contributed by atoms with Crippen LogP contribution in [0.2, 0.25) is 0 Å². The van der Waals surface area contributed by atoms with Crippen molar-refractivity contribution in [2.45, 2.75) is 0 Å². The summed E-state index contributed by atoms with van der Waals surface area (Å²) in [5.41, 5.74) is 7.23. The molecule has 0 spiro atoms. The molecular weight excluding hydrogens is 408 g/mol. The van der Waals surface area contributed by atoms with E-state index >= 15 is 0 Å². The molecule has 150 valence electrons. The van der Waals surface area contributed by atoms with E-state index in [4.69, 9.17) is 0 Å². The molecule has 0 bridgehead atoms. The van der Waals surface area contributed by atoms with Crippen molar-refractivity contribution in [2.75, 3.05) is 0 Å². The summed E-state index contributed by atoms with van der Waals surface area (Å²) in [6.45, 7) is 0. The van der Waals surface area contributed by atoms with Crippen molar-refractivity contribution >= 4 is 53.4 Å². The van der Waals surface area contributed by atoms with Gasteiger partial charge in [0.2, 0.25) is 0 Å². The average molecular weight is 427 g/mol. The third-order valence-electron chi connectivity index (χ3n) is 6.27. The first-order valence-corrected chi connectivity index (χ1v) is 11.6. The molecule has 0 unspecified atom stereocenters. The molecule has 0 saturated carbocycles. The first kappa shape index (κ1) is 17.7. The second-order valence-corrected chi connectivity index (χ2v) is 9.07. The summed E-state index contributed by atoms with van der Waals surface area (Å²) in [5.74, 6) is 0. The summed E-state index contributed by atoms with van der Waals surface area (Å²) < 4.78 is 4.92. The van der Waals surface area contributed by atoms with Crippen molar-refractivity contribution < 1.29 is 0 Å². The zero-order valence-corrected chi connectivity index (χ0v) is 18.0. The highest BCUT2D eigenvalue weighted by molar-refractivity contribution is 7.26. The van der Waals surface area contributed by atoms with Crippen LogP contribution < -0.4 is 0 Å². The van der Waals surface area contributed by atoms with Crippen LogP contribution in [0.25, 0.3) is 58.9 Å². The minimum absolute atomic E-state index is 1.09. The molecule has 32 heavy (non-hydrogen) atoms. The molecular formula is C29H18N2S. The molecule has 0 saturated heterocycles. The van der Waals surface area contributed by atoms with E-state index in [1.54, 1.807) is 0 Å². The first-order chi connectivity index (χ1) is 15.9. The molecule has 0 N–H and O–H groups in total. The van der Waals surface area contributed by atoms with Crippen molar-refractivity contribution in [1.29, 1.82) is 0 Å². The van der Waals surface area contributed by atoms with E-state index in [0.717, 1.165) is 5.52 Å². The van der Waals surface area contributed by atoms with E-state index in [1.807, 2.05) is 23.6 Å². The van der Waals surface area contributed by atoms with Gasteiger partial charge in [-0.05, 0) is 30.3 Å². The minimum Gasteiger partial charge on any atom is -0.309 e. The number of aromatic nitrogens is 2. The lowest BCUT2D eigenvalue weighted by Crippen LogP contribution is -1.97. The molecule has 2 nitrogen and oxygen atoms in total. The van der Waals surface area contributed by atoms with Gasteiger partial charge < -0.3 is 4.57 Å². The Balaban J connectivity index is 1.60. The first-order valence-electron chi connectivity index (χ1n) is 10.7. The van der Waals surface area contributed by atoms with Crippen LogP contribution in [0, 0.1) is 0 Å². The van der Waals surface area contributed by atoms with Crippen molar-refractivity contribution in [3.63, 3.8) is 0 Å². The summed E-state index contributed by atoms with van der Waals surface area (Å²) >= 11 is 1.82. The van der Waals surface area contributed by atoms with Gasteiger partial charge in [0.1, 0.15) is 0 Å². The molecule has 0 amide bonds. The Morgan fingerprint density at radius 2 is 1.22 bits per heavy atom. The summed E-state index contributed by atoms with van der Waals surface area (Å²) in [4.78, 5) is 4.66. The van der Waals surface area contributed by atoms with Gasteiger partial charge in [-0.1, -0.05) is 72.8 Å². The predicted molar refractivity (Wildman–Crippen MR) is 137 cm³/mol. The average Bonchev–Trinajstić information content (AvgIpc) is 3.40. The summed E-state index contributed by atoms with van der Waals surface area (Å²) in [5, 5.41) is 3.78. The van der Waals surface area contributed by atoms with Crippen LogP contribution >= 0.6 is 11.3 Å². The molecule has 3 heteroatoms. The Hall–Kier alpha value is -3.95. The largest absolute Gasteiger partial charge is 0.309 e. The van der Waals surface area contributed by atoms with Gasteiger partial charge in [0, 0.05) is 38.2 Å². The minimum atomic E-state index is 1.09. The molecule has 0 aliphatic rings. The smallest absolute Gasteiger partial charge is 0.0888 e. The molecule has 7 aromatic rings. The van der Waals surface area contributed by atoms with E-state index in [0.29, 0.717) is 0 Å². The fourth-order valence-electron chi connectivity index (χ4n) is 4.91. The zero-order chi connectivity index (χ0) is 21.1. The highest BCUT2D eigenvalue weighted by atomic mass is 32.1. The fourth-order valence-corrected chi connectivity index (χ4v) is 6.10. The lowest BCUT2D eigenvalue weighted by molar-refractivity contribution is 1.18. The van der Waals surface area contributed by atoms with Gasteiger partial charge >= 0.3 is 0 Å². The molecule has 3 aromatic heterocycles. The van der Waals surface area contributed by atoms with E-state index in [9.17, 15) is 0 Å². The van der Waals surface area contributed by atoms with Crippen LogP contribution in [-0.4, -0.2) is 9.55 Å². The Morgan fingerprint density at radius 1 is 0.562 bits per heavy atom. The van der Waals surface area contributed by atoms with Crippen LogP contribution in [0.4, 0.5) is 0 Å². The van der Waals surface area contributed by atoms with Crippen molar-refractivity contribution in [2.24, 2.45) is 0 Å². The van der Waals surface area contributed by atoms with E-state index < -0.39 is 0 Å². The number of para-hydroxylation sites is 3. The summed E-state index contributed by atoms with van der Waals surface area (Å²) in [6.07, 6.45) is 1.88. The van der Waals surface area contributed by atoms with E-state index in [-0.39, 0.29) is 0 Å². The second-order valence-electron chi connectivity index (χ2n) is 8.02. The van der Waals surface area contributed by atoms with Gasteiger partial charge in [-0.3, -0.25) is 4.98 Å². The van der Waals surface area contributed by atoms with Gasteiger partial charge in [-0.15, -0.1) is 11.3 Å². The van der Waals surface area contributed by atoms with Gasteiger partial charge in [-0.25, -0.2) is 0 Å². The molecule has 3 heterocycles. The Bertz CT molecular complexity index is 1730. The Kier molecular flexibility index (Phi) is 3.75. The van der Waals surface area contributed by atoms with Crippen LogP contribution in [0.15, 0.2) is 109 Å². The molecule has 7 rings (SSSR count). The SMILES string of the molecule is c1ccc(-n2c3ccccc3c3ccccc32)c(-c2cccc3c2sc2cccnc23)c1. The lowest BCUT2D eigenvalue weighted by Gasteiger charge is -2.14. The standard InChI is InChI=1S/C29H18N2S/c1-4-14-24-19(9-1)20-10-2-5-15-25(20)31(24)26-16-6-3-11-21(26)22-12-7-13-23-28-27(32-29(22)23)17-8-18-30-28/h1-18H. The summed E-state index contributed by atoms with van der Waals surface area (Å²) in [6, 6.07) is 36.9. The third-order valence-corrected chi connectivity index (χ3v) is 7.46. The molecule has 0 fully saturated rings. The summed E-state index contributed by atoms with van der Waals surface area (Å²) in [7, 11) is 0. The number of pyridine rings is 1. The maximum Gasteiger partial charge on any atom is 0.0888 e. The Morgan fingerprint density at radius 3 is 2.03 bits per heavy atom. The normalized spacial score (nSPS) is 11.8. The fraction of sp³-hybridized carbons (Fsp3) is 0. The van der Waals surface area contributed by atoms with Gasteiger partial charge in [0.05, 0.1) is 26.9 Å².